The van der Waals surface area contributed by atoms with Gasteiger partial charge in [-0.1, -0.05) is 41.5 Å². The molecule has 126 valence electrons. The Morgan fingerprint density at radius 3 is 1.83 bits per heavy atom. The van der Waals surface area contributed by atoms with Crippen molar-refractivity contribution in [3.8, 4) is 9.75 Å². The topological polar surface area (TPSA) is 0 Å². The van der Waals surface area contributed by atoms with E-state index in [1.54, 1.807) is 0 Å². The van der Waals surface area contributed by atoms with Crippen molar-refractivity contribution in [3.05, 3.63) is 34.0 Å². The van der Waals surface area contributed by atoms with Gasteiger partial charge in [0.15, 0.2) is 0 Å². The molecular formula is C20H22S4. The van der Waals surface area contributed by atoms with Crippen molar-refractivity contribution in [1.29, 1.82) is 0 Å². The fourth-order valence-corrected chi connectivity index (χ4v) is 7.93. The number of rotatable bonds is 1. The van der Waals surface area contributed by atoms with Crippen LogP contribution in [0.15, 0.2) is 24.3 Å². The molecule has 4 heteroatoms. The van der Waals surface area contributed by atoms with Gasteiger partial charge in [0.2, 0.25) is 0 Å². The first kappa shape index (κ1) is 16.8. The first-order valence-electron chi connectivity index (χ1n) is 8.20. The van der Waals surface area contributed by atoms with Crippen molar-refractivity contribution in [1.82, 2.24) is 0 Å². The van der Waals surface area contributed by atoms with E-state index in [9.17, 15) is 0 Å². The maximum atomic E-state index is 2.40. The lowest BCUT2D eigenvalue weighted by molar-refractivity contribution is 0.604. The Labute approximate surface area is 159 Å². The van der Waals surface area contributed by atoms with Gasteiger partial charge < -0.3 is 0 Å². The molecular weight excluding hydrogens is 368 g/mol. The van der Waals surface area contributed by atoms with Crippen LogP contribution in [0.3, 0.4) is 0 Å². The van der Waals surface area contributed by atoms with Gasteiger partial charge in [-0.3, -0.25) is 0 Å². The van der Waals surface area contributed by atoms with Gasteiger partial charge in [-0.05, 0) is 35.1 Å². The first-order chi connectivity index (χ1) is 11.1. The number of hydrogen-bond donors (Lipinski definition) is 0. The van der Waals surface area contributed by atoms with Crippen LogP contribution in [0.5, 0.6) is 0 Å². The Morgan fingerprint density at radius 1 is 0.583 bits per heavy atom. The average molecular weight is 391 g/mol. The molecule has 0 fully saturated rings. The predicted octanol–water partition coefficient (Wildman–Crippen LogP) is 8.50. The van der Waals surface area contributed by atoms with Crippen molar-refractivity contribution in [2.45, 2.75) is 52.4 Å². The van der Waals surface area contributed by atoms with E-state index in [0.717, 1.165) is 0 Å². The largest absolute Gasteiger partial charge is 0.139 e. The summed E-state index contributed by atoms with van der Waals surface area (Å²) in [4.78, 5) is 5.79. The summed E-state index contributed by atoms with van der Waals surface area (Å²) in [6, 6.07) is 9.39. The molecule has 4 rings (SSSR count). The highest BCUT2D eigenvalue weighted by molar-refractivity contribution is 7.39. The van der Waals surface area contributed by atoms with E-state index in [4.69, 9.17) is 0 Å². The molecule has 0 aliphatic carbocycles. The van der Waals surface area contributed by atoms with Gasteiger partial charge in [0.25, 0.3) is 0 Å². The van der Waals surface area contributed by atoms with Crippen LogP contribution < -0.4 is 0 Å². The van der Waals surface area contributed by atoms with Gasteiger partial charge in [-0.15, -0.1) is 45.3 Å². The second kappa shape index (κ2) is 5.41. The van der Waals surface area contributed by atoms with Gasteiger partial charge in [0, 0.05) is 28.9 Å². The van der Waals surface area contributed by atoms with Crippen molar-refractivity contribution >= 4 is 64.1 Å². The standard InChI is InChI=1S/C20H22S4/c1-19(2,3)15-8-7-11(22-15)12-9-13-17(23-12)18-14(21-13)10-16(24-18)20(4,5)6/h7-10H,1-6H3. The summed E-state index contributed by atoms with van der Waals surface area (Å²) in [7, 11) is 0. The number of thiophene rings is 4. The third-order valence-corrected chi connectivity index (χ3v) is 10.1. The Hall–Kier alpha value is -0.680. The second-order valence-electron chi connectivity index (χ2n) is 8.37. The molecule has 0 bridgehead atoms. The molecule has 0 unspecified atom stereocenters. The lowest BCUT2D eigenvalue weighted by Gasteiger charge is -2.15. The molecule has 0 spiro atoms. The van der Waals surface area contributed by atoms with E-state index < -0.39 is 0 Å². The molecule has 4 aromatic heterocycles. The van der Waals surface area contributed by atoms with Gasteiger partial charge in [-0.2, -0.15) is 0 Å². The third-order valence-electron chi connectivity index (χ3n) is 4.15. The molecule has 24 heavy (non-hydrogen) atoms. The van der Waals surface area contributed by atoms with Crippen LogP contribution in [0, 0.1) is 0 Å². The fraction of sp³-hybridized carbons (Fsp3) is 0.400. The Bertz CT molecular complexity index is 1020. The minimum atomic E-state index is 0.236. The molecule has 0 N–H and O–H groups in total. The van der Waals surface area contributed by atoms with E-state index >= 15 is 0 Å². The highest BCUT2D eigenvalue weighted by Gasteiger charge is 2.21. The second-order valence-corrected chi connectivity index (χ2v) is 12.6. The molecule has 0 nitrogen and oxygen atoms in total. The molecule has 0 saturated carbocycles. The highest BCUT2D eigenvalue weighted by atomic mass is 32.1. The Morgan fingerprint density at radius 2 is 1.21 bits per heavy atom. The summed E-state index contributed by atoms with van der Waals surface area (Å²) in [5.41, 5.74) is 0.478. The Kier molecular flexibility index (Phi) is 3.78. The lowest BCUT2D eigenvalue weighted by atomic mass is 9.95. The zero-order valence-corrected chi connectivity index (χ0v) is 18.2. The van der Waals surface area contributed by atoms with Crippen molar-refractivity contribution in [3.63, 3.8) is 0 Å². The SMILES string of the molecule is CC(C)(C)c1ccc(-c2cc3sc4cc(C(C)(C)C)sc4c3s2)s1. The summed E-state index contributed by atoms with van der Waals surface area (Å²) in [6.07, 6.45) is 0. The number of hydrogen-bond acceptors (Lipinski definition) is 4. The molecule has 0 saturated heterocycles. The minimum Gasteiger partial charge on any atom is -0.139 e. The van der Waals surface area contributed by atoms with Crippen LogP contribution in [0.1, 0.15) is 51.3 Å². The third kappa shape index (κ3) is 2.78. The highest BCUT2D eigenvalue weighted by Crippen LogP contribution is 2.49. The summed E-state index contributed by atoms with van der Waals surface area (Å²) >= 11 is 7.85. The van der Waals surface area contributed by atoms with Gasteiger partial charge in [0.05, 0.1) is 9.40 Å². The normalized spacial score (nSPS) is 13.4. The van der Waals surface area contributed by atoms with Crippen molar-refractivity contribution < 1.29 is 0 Å². The monoisotopic (exact) mass is 390 g/mol. The summed E-state index contributed by atoms with van der Waals surface area (Å²) < 4.78 is 5.88. The summed E-state index contributed by atoms with van der Waals surface area (Å²) in [6.45, 7) is 13.8. The molecule has 4 heterocycles. The predicted molar refractivity (Wildman–Crippen MR) is 116 cm³/mol. The van der Waals surface area contributed by atoms with Gasteiger partial charge in [-0.25, -0.2) is 0 Å². The molecule has 4 aromatic rings. The van der Waals surface area contributed by atoms with Crippen LogP contribution in [0.25, 0.3) is 28.6 Å². The van der Waals surface area contributed by atoms with E-state index in [1.807, 2.05) is 45.3 Å². The lowest BCUT2D eigenvalue weighted by Crippen LogP contribution is -2.07. The zero-order valence-electron chi connectivity index (χ0n) is 14.9. The maximum Gasteiger partial charge on any atom is 0.0636 e. The molecule has 0 atom stereocenters. The van der Waals surface area contributed by atoms with E-state index in [0.29, 0.717) is 0 Å². The molecule has 0 amide bonds. The zero-order chi connectivity index (χ0) is 17.3. The number of fused-ring (bicyclic) bond motifs is 3. The fourth-order valence-electron chi connectivity index (χ4n) is 2.70. The molecule has 0 aromatic carbocycles. The van der Waals surface area contributed by atoms with Crippen LogP contribution in [0.4, 0.5) is 0 Å². The first-order valence-corrected chi connectivity index (χ1v) is 11.5. The Balaban J connectivity index is 1.81. The van der Waals surface area contributed by atoms with E-state index in [-0.39, 0.29) is 10.8 Å². The summed E-state index contributed by atoms with van der Waals surface area (Å²) in [5, 5.41) is 0. The summed E-state index contributed by atoms with van der Waals surface area (Å²) in [5.74, 6) is 0. The quantitative estimate of drug-likeness (QED) is 0.305. The van der Waals surface area contributed by atoms with Crippen molar-refractivity contribution in [2.75, 3.05) is 0 Å². The molecule has 0 aliphatic heterocycles. The van der Waals surface area contributed by atoms with Crippen LogP contribution in [-0.2, 0) is 10.8 Å². The smallest absolute Gasteiger partial charge is 0.0636 e. The van der Waals surface area contributed by atoms with E-state index in [1.165, 1.54) is 38.3 Å². The van der Waals surface area contributed by atoms with Gasteiger partial charge >= 0.3 is 0 Å². The van der Waals surface area contributed by atoms with Crippen LogP contribution in [0.2, 0.25) is 0 Å². The maximum absolute atomic E-state index is 2.40. The average Bonchev–Trinajstić information content (AvgIpc) is 3.15. The molecule has 0 aliphatic rings. The minimum absolute atomic E-state index is 0.236. The van der Waals surface area contributed by atoms with Gasteiger partial charge in [0.1, 0.15) is 0 Å². The van der Waals surface area contributed by atoms with Crippen LogP contribution in [-0.4, -0.2) is 0 Å². The van der Waals surface area contributed by atoms with E-state index in [2.05, 4.69) is 65.8 Å². The van der Waals surface area contributed by atoms with Crippen LogP contribution >= 0.6 is 45.3 Å². The van der Waals surface area contributed by atoms with Crippen molar-refractivity contribution in [2.24, 2.45) is 0 Å². The molecule has 0 radical (unpaired) electrons.